The number of benzene rings is 1. The number of methoxy groups -OCH3 is 1. The first-order valence-electron chi connectivity index (χ1n) is 11.0. The lowest BCUT2D eigenvalue weighted by molar-refractivity contribution is -0.125. The van der Waals surface area contributed by atoms with Crippen molar-refractivity contribution in [2.45, 2.75) is 24.9 Å². The largest absolute Gasteiger partial charge is 0.497 e. The van der Waals surface area contributed by atoms with Crippen molar-refractivity contribution in [3.05, 3.63) is 52.5 Å². The van der Waals surface area contributed by atoms with Crippen LogP contribution in [0.2, 0.25) is 0 Å². The van der Waals surface area contributed by atoms with Gasteiger partial charge < -0.3 is 25.1 Å². The van der Waals surface area contributed by atoms with E-state index < -0.39 is 23.4 Å². The summed E-state index contributed by atoms with van der Waals surface area (Å²) >= 11 is 0. The van der Waals surface area contributed by atoms with Gasteiger partial charge in [0.15, 0.2) is 5.54 Å². The van der Waals surface area contributed by atoms with E-state index in [1.807, 2.05) is 17.0 Å². The van der Waals surface area contributed by atoms with Crippen LogP contribution in [-0.2, 0) is 34.5 Å². The molecule has 1 saturated heterocycles. The van der Waals surface area contributed by atoms with Crippen LogP contribution in [0.4, 0.5) is 4.79 Å². The molecule has 1 aromatic heterocycles. The molecule has 0 radical (unpaired) electrons. The molecule has 0 bridgehead atoms. The Morgan fingerprint density at radius 1 is 1.18 bits per heavy atom. The molecular formula is C23H25N5O6. The van der Waals surface area contributed by atoms with Gasteiger partial charge in [0, 0.05) is 37.2 Å². The topological polar surface area (TPSA) is 147 Å². The minimum atomic E-state index is -1.56. The third-order valence-corrected chi connectivity index (χ3v) is 6.60. The molecule has 0 aliphatic carbocycles. The Kier molecular flexibility index (Phi) is 5.28. The molecule has 0 unspecified atom stereocenters. The fourth-order valence-electron chi connectivity index (χ4n) is 4.88. The number of nitrogens with one attached hydrogen (secondary N) is 2. The molecule has 0 spiro atoms. The monoisotopic (exact) mass is 467 g/mol. The van der Waals surface area contributed by atoms with E-state index in [0.29, 0.717) is 49.5 Å². The van der Waals surface area contributed by atoms with Crippen molar-refractivity contribution in [3.8, 4) is 5.75 Å². The van der Waals surface area contributed by atoms with E-state index in [1.165, 1.54) is 7.11 Å². The van der Waals surface area contributed by atoms with Crippen LogP contribution in [0.15, 0.2) is 28.7 Å². The zero-order valence-electron chi connectivity index (χ0n) is 18.7. The SMILES string of the molecule is COc1ccc2c(c1)C(=O)N(C[C@@]1(c3cc4c(o3)CCN(CC(N)=O)C4)NC(=O)NC1=O)CC2. The first-order valence-corrected chi connectivity index (χ1v) is 11.0. The van der Waals surface area contributed by atoms with Crippen LogP contribution < -0.4 is 21.1 Å². The van der Waals surface area contributed by atoms with E-state index in [4.69, 9.17) is 14.9 Å². The highest BCUT2D eigenvalue weighted by Gasteiger charge is 2.53. The van der Waals surface area contributed by atoms with Gasteiger partial charge in [0.2, 0.25) is 5.91 Å². The summed E-state index contributed by atoms with van der Waals surface area (Å²) in [4.78, 5) is 53.3. The highest BCUT2D eigenvalue weighted by molar-refractivity contribution is 6.08. The molecule has 3 aliphatic rings. The normalized spacial score (nSPS) is 22.1. The first-order chi connectivity index (χ1) is 16.3. The molecule has 11 heteroatoms. The summed E-state index contributed by atoms with van der Waals surface area (Å²) in [7, 11) is 1.53. The van der Waals surface area contributed by atoms with Crippen LogP contribution in [0.1, 0.15) is 33.0 Å². The number of hydrogen-bond donors (Lipinski definition) is 3. The number of furan rings is 1. The molecule has 4 heterocycles. The van der Waals surface area contributed by atoms with Gasteiger partial charge in [-0.3, -0.25) is 24.6 Å². The molecule has 0 saturated carbocycles. The number of amides is 5. The highest BCUT2D eigenvalue weighted by Crippen LogP contribution is 2.34. The van der Waals surface area contributed by atoms with Gasteiger partial charge in [-0.15, -0.1) is 0 Å². The molecule has 178 valence electrons. The molecule has 1 aromatic carbocycles. The standard InChI is InChI=1S/C23H25N5O6/c1-33-15-3-2-13-4-7-28(20(30)16(13)9-15)12-23(21(31)25-22(32)26-23)18-8-14-10-27(11-19(24)29)6-5-17(14)34-18/h2-3,8-9H,4-7,10-12H2,1H3,(H2,24,29)(H2,25,26,31,32)/t23-/m0/s1. The fourth-order valence-corrected chi connectivity index (χ4v) is 4.88. The molecule has 34 heavy (non-hydrogen) atoms. The van der Waals surface area contributed by atoms with Crippen LogP contribution in [0.3, 0.4) is 0 Å². The van der Waals surface area contributed by atoms with Crippen LogP contribution in [0.25, 0.3) is 0 Å². The van der Waals surface area contributed by atoms with Gasteiger partial charge >= 0.3 is 6.03 Å². The summed E-state index contributed by atoms with van der Waals surface area (Å²) in [6.45, 7) is 1.43. The van der Waals surface area contributed by atoms with Gasteiger partial charge in [-0.2, -0.15) is 0 Å². The Morgan fingerprint density at radius 2 is 2.00 bits per heavy atom. The third kappa shape index (κ3) is 3.67. The molecule has 5 amide bonds. The first kappa shape index (κ1) is 22.0. The van der Waals surface area contributed by atoms with Crippen molar-refractivity contribution in [1.29, 1.82) is 0 Å². The molecule has 1 fully saturated rings. The molecule has 5 rings (SSSR count). The van der Waals surface area contributed by atoms with E-state index in [9.17, 15) is 19.2 Å². The summed E-state index contributed by atoms with van der Waals surface area (Å²) in [5, 5.41) is 4.99. The Bertz CT molecular complexity index is 1210. The number of primary amides is 1. The third-order valence-electron chi connectivity index (χ3n) is 6.60. The smallest absolute Gasteiger partial charge is 0.322 e. The maximum absolute atomic E-state index is 13.3. The lowest BCUT2D eigenvalue weighted by atomic mass is 9.92. The quantitative estimate of drug-likeness (QED) is 0.501. The average Bonchev–Trinajstić information content (AvgIpc) is 3.35. The average molecular weight is 467 g/mol. The van der Waals surface area contributed by atoms with Crippen molar-refractivity contribution >= 4 is 23.8 Å². The number of nitrogens with two attached hydrogens (primary N) is 1. The Hall–Kier alpha value is -3.86. The van der Waals surface area contributed by atoms with Gasteiger partial charge in [-0.1, -0.05) is 6.07 Å². The van der Waals surface area contributed by atoms with E-state index in [2.05, 4.69) is 10.6 Å². The minimum absolute atomic E-state index is 0.0859. The number of carbonyl (C=O) groups is 4. The second kappa shape index (κ2) is 8.17. The van der Waals surface area contributed by atoms with E-state index in [-0.39, 0.29) is 24.8 Å². The lowest BCUT2D eigenvalue weighted by Gasteiger charge is -2.34. The number of imide groups is 1. The molecule has 11 nitrogen and oxygen atoms in total. The highest BCUT2D eigenvalue weighted by atomic mass is 16.5. The maximum Gasteiger partial charge on any atom is 0.322 e. The van der Waals surface area contributed by atoms with Crippen LogP contribution in [-0.4, -0.2) is 66.8 Å². The second-order valence-corrected chi connectivity index (χ2v) is 8.80. The van der Waals surface area contributed by atoms with Crippen molar-refractivity contribution in [2.75, 3.05) is 33.3 Å². The van der Waals surface area contributed by atoms with Gasteiger partial charge in [0.1, 0.15) is 17.3 Å². The van der Waals surface area contributed by atoms with Gasteiger partial charge in [-0.05, 0) is 30.2 Å². The van der Waals surface area contributed by atoms with Crippen molar-refractivity contribution in [3.63, 3.8) is 0 Å². The number of fused-ring (bicyclic) bond motifs is 2. The molecule has 4 N–H and O–H groups in total. The van der Waals surface area contributed by atoms with Crippen LogP contribution >= 0.6 is 0 Å². The fraction of sp³-hybridized carbons (Fsp3) is 0.391. The Labute approximate surface area is 195 Å². The van der Waals surface area contributed by atoms with Crippen LogP contribution in [0, 0.1) is 0 Å². The summed E-state index contributed by atoms with van der Waals surface area (Å²) in [6.07, 6.45) is 1.14. The van der Waals surface area contributed by atoms with Crippen LogP contribution in [0.5, 0.6) is 5.75 Å². The lowest BCUT2D eigenvalue weighted by Crippen LogP contribution is -2.55. The number of hydrogen-bond acceptors (Lipinski definition) is 7. The summed E-state index contributed by atoms with van der Waals surface area (Å²) < 4.78 is 11.3. The van der Waals surface area contributed by atoms with Gasteiger partial charge in [0.25, 0.3) is 11.8 Å². The predicted molar refractivity (Wildman–Crippen MR) is 118 cm³/mol. The van der Waals surface area contributed by atoms with Gasteiger partial charge in [-0.25, -0.2) is 4.79 Å². The second-order valence-electron chi connectivity index (χ2n) is 8.80. The number of ether oxygens (including phenoxy) is 1. The van der Waals surface area contributed by atoms with E-state index >= 15 is 0 Å². The number of rotatable bonds is 6. The Morgan fingerprint density at radius 3 is 2.71 bits per heavy atom. The van der Waals surface area contributed by atoms with Crippen molar-refractivity contribution in [1.82, 2.24) is 20.4 Å². The summed E-state index contributed by atoms with van der Waals surface area (Å²) in [5.41, 5.74) is 5.98. The predicted octanol–water partition coefficient (Wildman–Crippen LogP) is -0.135. The maximum atomic E-state index is 13.3. The molecule has 1 atom stereocenters. The van der Waals surface area contributed by atoms with E-state index in [0.717, 1.165) is 11.1 Å². The molecule has 3 aliphatic heterocycles. The van der Waals surface area contributed by atoms with E-state index in [1.54, 1.807) is 17.0 Å². The Balaban J connectivity index is 1.46. The number of urea groups is 1. The summed E-state index contributed by atoms with van der Waals surface area (Å²) in [5.74, 6) is 0.246. The van der Waals surface area contributed by atoms with Crippen molar-refractivity contribution < 1.29 is 28.3 Å². The number of nitrogens with zero attached hydrogens (tertiary/aromatic N) is 2. The zero-order chi connectivity index (χ0) is 24.0. The van der Waals surface area contributed by atoms with Gasteiger partial charge in [0.05, 0.1) is 20.2 Å². The molecule has 2 aromatic rings. The van der Waals surface area contributed by atoms with Crippen molar-refractivity contribution in [2.24, 2.45) is 5.73 Å². The minimum Gasteiger partial charge on any atom is -0.497 e. The molecular weight excluding hydrogens is 442 g/mol. The summed E-state index contributed by atoms with van der Waals surface area (Å²) in [6, 6.07) is 6.42. The number of carbonyl (C=O) groups excluding carboxylic acids is 4. The zero-order valence-corrected chi connectivity index (χ0v) is 18.7.